The Kier molecular flexibility index (Phi) is 3.67. The molecule has 4 rings (SSSR count). The molecule has 7 nitrogen and oxygen atoms in total. The molecule has 0 saturated carbocycles. The Balaban J connectivity index is 1.56. The van der Waals surface area contributed by atoms with Gasteiger partial charge >= 0.3 is 0 Å². The fourth-order valence-corrected chi connectivity index (χ4v) is 4.37. The predicted molar refractivity (Wildman–Crippen MR) is 89.9 cm³/mol. The molecular formula is C18H22N4O3. The summed E-state index contributed by atoms with van der Waals surface area (Å²) in [6, 6.07) is 3.41. The molecule has 2 amide bonds. The van der Waals surface area contributed by atoms with E-state index in [9.17, 15) is 9.59 Å². The van der Waals surface area contributed by atoms with Crippen LogP contribution in [0.2, 0.25) is 0 Å². The molecule has 2 saturated heterocycles. The molecule has 0 bridgehead atoms. The summed E-state index contributed by atoms with van der Waals surface area (Å²) in [6.07, 6.45) is 7.41. The highest BCUT2D eigenvalue weighted by molar-refractivity contribution is 5.91. The number of aromatic nitrogens is 2. The summed E-state index contributed by atoms with van der Waals surface area (Å²) in [4.78, 5) is 28.7. The van der Waals surface area contributed by atoms with E-state index in [0.29, 0.717) is 25.3 Å². The maximum absolute atomic E-state index is 12.5. The third-order valence-electron chi connectivity index (χ3n) is 5.85. The van der Waals surface area contributed by atoms with Gasteiger partial charge in [-0.3, -0.25) is 14.3 Å². The van der Waals surface area contributed by atoms with E-state index in [2.05, 4.69) is 5.10 Å². The number of amides is 2. The van der Waals surface area contributed by atoms with Crippen LogP contribution in [0.1, 0.15) is 41.3 Å². The average Bonchev–Trinajstić information content (AvgIpc) is 3.33. The summed E-state index contributed by atoms with van der Waals surface area (Å²) in [7, 11) is 3.78. The molecule has 0 aliphatic carbocycles. The number of hydrogen-bond acceptors (Lipinski definition) is 4. The van der Waals surface area contributed by atoms with E-state index in [1.165, 1.54) is 6.26 Å². The molecule has 2 aliphatic rings. The first-order valence-corrected chi connectivity index (χ1v) is 8.59. The molecule has 132 valence electrons. The largest absolute Gasteiger partial charge is 0.459 e. The van der Waals surface area contributed by atoms with Gasteiger partial charge in [-0.1, -0.05) is 0 Å². The summed E-state index contributed by atoms with van der Waals surface area (Å²) >= 11 is 0. The van der Waals surface area contributed by atoms with Crippen LogP contribution in [-0.2, 0) is 11.8 Å². The highest BCUT2D eigenvalue weighted by Gasteiger charge is 2.53. The van der Waals surface area contributed by atoms with Gasteiger partial charge in [-0.15, -0.1) is 0 Å². The van der Waals surface area contributed by atoms with Gasteiger partial charge in [0, 0.05) is 45.7 Å². The summed E-state index contributed by atoms with van der Waals surface area (Å²) in [5.41, 5.74) is 0.867. The first-order valence-electron chi connectivity index (χ1n) is 8.59. The van der Waals surface area contributed by atoms with Crippen LogP contribution in [0.5, 0.6) is 0 Å². The summed E-state index contributed by atoms with van der Waals surface area (Å²) in [5.74, 6) is 0.583. The smallest absolute Gasteiger partial charge is 0.289 e. The zero-order valence-electron chi connectivity index (χ0n) is 14.5. The first-order chi connectivity index (χ1) is 12.0. The molecule has 2 fully saturated rings. The molecular weight excluding hydrogens is 320 g/mol. The fraction of sp³-hybridized carbons (Fsp3) is 0.500. The normalized spacial score (nSPS) is 22.8. The van der Waals surface area contributed by atoms with Crippen molar-refractivity contribution in [3.63, 3.8) is 0 Å². The molecule has 1 atom stereocenters. The lowest BCUT2D eigenvalue weighted by Crippen LogP contribution is -2.55. The second-order valence-corrected chi connectivity index (χ2v) is 7.03. The van der Waals surface area contributed by atoms with Crippen molar-refractivity contribution >= 4 is 11.8 Å². The van der Waals surface area contributed by atoms with Gasteiger partial charge in [0.1, 0.15) is 0 Å². The molecule has 0 N–H and O–H groups in total. The Labute approximate surface area is 146 Å². The third-order valence-corrected chi connectivity index (χ3v) is 5.85. The fourth-order valence-electron chi connectivity index (χ4n) is 4.37. The standard InChI is InChI=1S/C18H22N4O3/c1-20-12-13(11-19-20)14-10-16(23)21(2)18(14)5-7-22(8-6-18)17(24)15-4-3-9-25-15/h3-4,9,11-12,14H,5-8,10H2,1-2H3/t14-/m1/s1. The number of nitrogens with zero attached hydrogens (tertiary/aromatic N) is 4. The summed E-state index contributed by atoms with van der Waals surface area (Å²) < 4.78 is 7.01. The lowest BCUT2D eigenvalue weighted by Gasteiger charge is -2.46. The predicted octanol–water partition coefficient (Wildman–Crippen LogP) is 1.63. The van der Waals surface area contributed by atoms with Gasteiger partial charge in [-0.05, 0) is 30.5 Å². The van der Waals surface area contributed by atoms with Gasteiger partial charge in [-0.2, -0.15) is 5.10 Å². The van der Waals surface area contributed by atoms with Crippen LogP contribution in [0, 0.1) is 0 Å². The van der Waals surface area contributed by atoms with Gasteiger partial charge in [0.15, 0.2) is 5.76 Å². The van der Waals surface area contributed by atoms with E-state index in [0.717, 1.165) is 18.4 Å². The van der Waals surface area contributed by atoms with E-state index in [1.54, 1.807) is 16.8 Å². The molecule has 25 heavy (non-hydrogen) atoms. The third kappa shape index (κ3) is 2.45. The quantitative estimate of drug-likeness (QED) is 0.832. The van der Waals surface area contributed by atoms with Crippen LogP contribution < -0.4 is 0 Å². The minimum Gasteiger partial charge on any atom is -0.459 e. The molecule has 0 unspecified atom stereocenters. The second-order valence-electron chi connectivity index (χ2n) is 7.03. The topological polar surface area (TPSA) is 71.6 Å². The monoisotopic (exact) mass is 342 g/mol. The first kappa shape index (κ1) is 15.9. The van der Waals surface area contributed by atoms with Gasteiger partial charge in [0.25, 0.3) is 5.91 Å². The average molecular weight is 342 g/mol. The van der Waals surface area contributed by atoms with Crippen molar-refractivity contribution in [3.05, 3.63) is 42.1 Å². The Bertz CT molecular complexity index is 787. The van der Waals surface area contributed by atoms with E-state index < -0.39 is 0 Å². The number of piperidine rings is 1. The summed E-state index contributed by atoms with van der Waals surface area (Å²) in [6.45, 7) is 1.24. The minimum atomic E-state index is -0.236. The lowest BCUT2D eigenvalue weighted by molar-refractivity contribution is -0.130. The van der Waals surface area contributed by atoms with Crippen LogP contribution in [0.15, 0.2) is 35.2 Å². The van der Waals surface area contributed by atoms with Gasteiger partial charge < -0.3 is 14.2 Å². The number of carbonyl (C=O) groups excluding carboxylic acids is 2. The number of aryl methyl sites for hydroxylation is 1. The number of likely N-dealkylation sites (N-methyl/N-ethyl adjacent to an activating group) is 1. The molecule has 2 aromatic heterocycles. The van der Waals surface area contributed by atoms with Crippen molar-refractivity contribution in [2.45, 2.75) is 30.7 Å². The van der Waals surface area contributed by atoms with E-state index in [4.69, 9.17) is 4.42 Å². The van der Waals surface area contributed by atoms with Crippen LogP contribution in [0.25, 0.3) is 0 Å². The molecule has 0 aromatic carbocycles. The Morgan fingerprint density at radius 1 is 1.32 bits per heavy atom. The van der Waals surface area contributed by atoms with Crippen LogP contribution in [0.4, 0.5) is 0 Å². The molecule has 2 aliphatic heterocycles. The minimum absolute atomic E-state index is 0.0789. The van der Waals surface area contributed by atoms with Crippen molar-refractivity contribution in [1.82, 2.24) is 19.6 Å². The van der Waals surface area contributed by atoms with E-state index >= 15 is 0 Å². The van der Waals surface area contributed by atoms with Crippen LogP contribution >= 0.6 is 0 Å². The highest BCUT2D eigenvalue weighted by atomic mass is 16.3. The van der Waals surface area contributed by atoms with Crippen molar-refractivity contribution in [3.8, 4) is 0 Å². The summed E-state index contributed by atoms with van der Waals surface area (Å²) in [5, 5.41) is 4.28. The van der Waals surface area contributed by atoms with Crippen molar-refractivity contribution in [2.24, 2.45) is 7.05 Å². The lowest BCUT2D eigenvalue weighted by atomic mass is 9.74. The van der Waals surface area contributed by atoms with Gasteiger partial charge in [-0.25, -0.2) is 0 Å². The number of hydrogen-bond donors (Lipinski definition) is 0. The van der Waals surface area contributed by atoms with Crippen LogP contribution in [-0.4, -0.2) is 57.1 Å². The molecule has 4 heterocycles. The molecule has 7 heteroatoms. The second kappa shape index (κ2) is 5.75. The molecule has 2 aromatic rings. The Morgan fingerprint density at radius 2 is 2.08 bits per heavy atom. The number of carbonyl (C=O) groups is 2. The maximum atomic E-state index is 12.5. The zero-order chi connectivity index (χ0) is 17.6. The van der Waals surface area contributed by atoms with Crippen molar-refractivity contribution in [1.29, 1.82) is 0 Å². The molecule has 0 radical (unpaired) electrons. The molecule has 1 spiro atoms. The SMILES string of the molecule is CN1C(=O)C[C@H](c2cnn(C)c2)C12CCN(C(=O)c1ccco1)CC2. The zero-order valence-corrected chi connectivity index (χ0v) is 14.5. The van der Waals surface area contributed by atoms with Crippen molar-refractivity contribution < 1.29 is 14.0 Å². The highest BCUT2D eigenvalue weighted by Crippen LogP contribution is 2.48. The number of rotatable bonds is 2. The maximum Gasteiger partial charge on any atom is 0.289 e. The Hall–Kier alpha value is -2.57. The van der Waals surface area contributed by atoms with E-state index in [-0.39, 0.29) is 23.3 Å². The van der Waals surface area contributed by atoms with Gasteiger partial charge in [0.05, 0.1) is 18.0 Å². The van der Waals surface area contributed by atoms with Crippen LogP contribution in [0.3, 0.4) is 0 Å². The van der Waals surface area contributed by atoms with Crippen molar-refractivity contribution in [2.75, 3.05) is 20.1 Å². The number of likely N-dealkylation sites (tertiary alicyclic amines) is 2. The number of furan rings is 1. The van der Waals surface area contributed by atoms with E-state index in [1.807, 2.05) is 36.3 Å². The Morgan fingerprint density at radius 3 is 2.68 bits per heavy atom. The van der Waals surface area contributed by atoms with Gasteiger partial charge in [0.2, 0.25) is 5.91 Å².